The minimum atomic E-state index is -1.44. The molecule has 2 aliphatic rings. The van der Waals surface area contributed by atoms with Crippen LogP contribution < -0.4 is 0 Å². The third-order valence-electron chi connectivity index (χ3n) is 5.96. The standard InChI is InChI=1S/C21H29N3O5/c1-4-29-19(27)16-17(25)18(26)24(14-15-8-6-5-7-9-15)21(16)10-12-23(13-11-21)20(28)22(2)3/h5-9,16-17,25H,4,10-14H2,1-3H3/t16-,17-/m1/s1. The fourth-order valence-electron chi connectivity index (χ4n) is 4.51. The van der Waals surface area contributed by atoms with Crippen molar-refractivity contribution in [2.45, 2.75) is 38.0 Å². The zero-order chi connectivity index (χ0) is 21.2. The zero-order valence-electron chi connectivity index (χ0n) is 17.2. The summed E-state index contributed by atoms with van der Waals surface area (Å²) in [7, 11) is 3.39. The first-order valence-corrected chi connectivity index (χ1v) is 9.98. The number of carbonyl (C=O) groups excluding carboxylic acids is 3. The van der Waals surface area contributed by atoms with Gasteiger partial charge in [0.05, 0.1) is 12.1 Å². The van der Waals surface area contributed by atoms with Crippen molar-refractivity contribution >= 4 is 17.9 Å². The Bertz CT molecular complexity index is 759. The summed E-state index contributed by atoms with van der Waals surface area (Å²) in [5.41, 5.74) is 0.0468. The predicted molar refractivity (Wildman–Crippen MR) is 106 cm³/mol. The van der Waals surface area contributed by atoms with E-state index < -0.39 is 29.4 Å². The number of rotatable bonds is 4. The van der Waals surface area contributed by atoms with Crippen LogP contribution in [0.3, 0.4) is 0 Å². The van der Waals surface area contributed by atoms with Crippen molar-refractivity contribution in [2.75, 3.05) is 33.8 Å². The molecule has 0 saturated carbocycles. The van der Waals surface area contributed by atoms with Gasteiger partial charge in [0.15, 0.2) is 0 Å². The monoisotopic (exact) mass is 403 g/mol. The summed E-state index contributed by atoms with van der Waals surface area (Å²) < 4.78 is 5.22. The first-order chi connectivity index (χ1) is 13.8. The van der Waals surface area contributed by atoms with Crippen molar-refractivity contribution in [3.05, 3.63) is 35.9 Å². The van der Waals surface area contributed by atoms with E-state index in [1.807, 2.05) is 30.3 Å². The maximum absolute atomic E-state index is 13.0. The van der Waals surface area contributed by atoms with Gasteiger partial charge in [-0.25, -0.2) is 4.79 Å². The lowest BCUT2D eigenvalue weighted by atomic mass is 9.76. The van der Waals surface area contributed by atoms with Gasteiger partial charge >= 0.3 is 12.0 Å². The molecule has 2 fully saturated rings. The van der Waals surface area contributed by atoms with Gasteiger partial charge in [-0.3, -0.25) is 9.59 Å². The lowest BCUT2D eigenvalue weighted by Gasteiger charge is -2.47. The molecule has 2 saturated heterocycles. The number of amides is 3. The Labute approximate surface area is 171 Å². The molecule has 0 radical (unpaired) electrons. The number of hydrogen-bond acceptors (Lipinski definition) is 5. The number of benzene rings is 1. The van der Waals surface area contributed by atoms with Crippen LogP contribution in [0.15, 0.2) is 30.3 Å². The summed E-state index contributed by atoms with van der Waals surface area (Å²) in [6, 6.07) is 9.39. The lowest BCUT2D eigenvalue weighted by Crippen LogP contribution is -2.59. The maximum atomic E-state index is 13.0. The third-order valence-corrected chi connectivity index (χ3v) is 5.96. The number of hydrogen-bond donors (Lipinski definition) is 1. The van der Waals surface area contributed by atoms with Crippen molar-refractivity contribution in [1.82, 2.24) is 14.7 Å². The molecule has 0 aliphatic carbocycles. The van der Waals surface area contributed by atoms with Crippen LogP contribution in [0.25, 0.3) is 0 Å². The minimum absolute atomic E-state index is 0.105. The second-order valence-electron chi connectivity index (χ2n) is 7.85. The minimum Gasteiger partial charge on any atom is -0.466 e. The van der Waals surface area contributed by atoms with E-state index in [0.717, 1.165) is 5.56 Å². The molecule has 1 aromatic carbocycles. The molecule has 0 unspecified atom stereocenters. The molecule has 29 heavy (non-hydrogen) atoms. The van der Waals surface area contributed by atoms with Crippen molar-refractivity contribution < 1.29 is 24.2 Å². The highest BCUT2D eigenvalue weighted by Crippen LogP contribution is 2.45. The first-order valence-electron chi connectivity index (χ1n) is 9.98. The molecule has 8 heteroatoms. The molecule has 2 atom stereocenters. The van der Waals surface area contributed by atoms with Gasteiger partial charge in [0.2, 0.25) is 0 Å². The Morgan fingerprint density at radius 3 is 2.38 bits per heavy atom. The molecular formula is C21H29N3O5. The van der Waals surface area contributed by atoms with E-state index >= 15 is 0 Å². The van der Waals surface area contributed by atoms with E-state index in [9.17, 15) is 19.5 Å². The summed E-state index contributed by atoms with van der Waals surface area (Å²) >= 11 is 0. The predicted octanol–water partition coefficient (Wildman–Crippen LogP) is 1.09. The van der Waals surface area contributed by atoms with Gasteiger partial charge in [-0.1, -0.05) is 30.3 Å². The summed E-state index contributed by atoms with van der Waals surface area (Å²) in [5, 5.41) is 10.7. The summed E-state index contributed by atoms with van der Waals surface area (Å²) in [6.07, 6.45) is -0.619. The Hall–Kier alpha value is -2.61. The van der Waals surface area contributed by atoms with Crippen molar-refractivity contribution in [1.29, 1.82) is 0 Å². The molecule has 3 rings (SSSR count). The molecule has 3 amide bonds. The Morgan fingerprint density at radius 2 is 1.83 bits per heavy atom. The van der Waals surface area contributed by atoms with Crippen LogP contribution >= 0.6 is 0 Å². The van der Waals surface area contributed by atoms with Gasteiger partial charge < -0.3 is 24.5 Å². The average Bonchev–Trinajstić information content (AvgIpc) is 2.90. The number of piperidine rings is 1. The van der Waals surface area contributed by atoms with Crippen LogP contribution in [0.1, 0.15) is 25.3 Å². The molecular weight excluding hydrogens is 374 g/mol. The Morgan fingerprint density at radius 1 is 1.21 bits per heavy atom. The fourth-order valence-corrected chi connectivity index (χ4v) is 4.51. The largest absolute Gasteiger partial charge is 0.466 e. The maximum Gasteiger partial charge on any atom is 0.319 e. The van der Waals surface area contributed by atoms with Crippen molar-refractivity contribution in [3.63, 3.8) is 0 Å². The molecule has 0 bridgehead atoms. The molecule has 1 aromatic rings. The second kappa shape index (κ2) is 8.41. The van der Waals surface area contributed by atoms with E-state index in [0.29, 0.717) is 32.5 Å². The normalized spacial score (nSPS) is 23.4. The third kappa shape index (κ3) is 3.81. The van der Waals surface area contributed by atoms with Gasteiger partial charge in [0.25, 0.3) is 5.91 Å². The van der Waals surface area contributed by atoms with E-state index in [1.54, 1.807) is 30.8 Å². The number of esters is 1. The van der Waals surface area contributed by atoms with E-state index in [-0.39, 0.29) is 12.6 Å². The van der Waals surface area contributed by atoms with E-state index in [2.05, 4.69) is 0 Å². The molecule has 2 heterocycles. The summed E-state index contributed by atoms with van der Waals surface area (Å²) in [6.45, 7) is 2.98. The van der Waals surface area contributed by atoms with Crippen LogP contribution in [-0.2, 0) is 20.9 Å². The van der Waals surface area contributed by atoms with Gasteiger partial charge in [-0.2, -0.15) is 0 Å². The smallest absolute Gasteiger partial charge is 0.319 e. The molecule has 1 N–H and O–H groups in total. The highest BCUT2D eigenvalue weighted by Gasteiger charge is 2.62. The van der Waals surface area contributed by atoms with E-state index in [1.165, 1.54) is 4.90 Å². The quantitative estimate of drug-likeness (QED) is 0.760. The summed E-state index contributed by atoms with van der Waals surface area (Å²) in [4.78, 5) is 43.0. The van der Waals surface area contributed by atoms with E-state index in [4.69, 9.17) is 4.74 Å². The number of nitrogens with zero attached hydrogens (tertiary/aromatic N) is 3. The van der Waals surface area contributed by atoms with Crippen molar-refractivity contribution in [3.8, 4) is 0 Å². The van der Waals surface area contributed by atoms with Gasteiger partial charge in [-0.15, -0.1) is 0 Å². The van der Waals surface area contributed by atoms with Crippen LogP contribution in [0, 0.1) is 5.92 Å². The van der Waals surface area contributed by atoms with Gasteiger partial charge in [0.1, 0.15) is 12.0 Å². The SMILES string of the molecule is CCOC(=O)[C@H]1[C@@H](O)C(=O)N(Cc2ccccc2)C12CCN(C(=O)N(C)C)CC2. The van der Waals surface area contributed by atoms with Crippen LogP contribution in [-0.4, -0.2) is 83.1 Å². The number of carbonyl (C=O) groups is 3. The fraction of sp³-hybridized carbons (Fsp3) is 0.571. The van der Waals surface area contributed by atoms with Gasteiger partial charge in [0, 0.05) is 33.7 Å². The van der Waals surface area contributed by atoms with Gasteiger partial charge in [-0.05, 0) is 25.3 Å². The highest BCUT2D eigenvalue weighted by atomic mass is 16.5. The highest BCUT2D eigenvalue weighted by molar-refractivity contribution is 5.93. The lowest BCUT2D eigenvalue weighted by molar-refractivity contribution is -0.156. The van der Waals surface area contributed by atoms with Crippen LogP contribution in [0.5, 0.6) is 0 Å². The molecule has 1 spiro atoms. The van der Waals surface area contributed by atoms with Crippen LogP contribution in [0.2, 0.25) is 0 Å². The average molecular weight is 403 g/mol. The number of likely N-dealkylation sites (tertiary alicyclic amines) is 2. The van der Waals surface area contributed by atoms with Crippen molar-refractivity contribution in [2.24, 2.45) is 5.92 Å². The number of aliphatic hydroxyl groups excluding tert-OH is 1. The molecule has 8 nitrogen and oxygen atoms in total. The number of ether oxygens (including phenoxy) is 1. The first kappa shape index (κ1) is 21.1. The Balaban J connectivity index is 1.93. The Kier molecular flexibility index (Phi) is 6.12. The second-order valence-corrected chi connectivity index (χ2v) is 7.85. The number of aliphatic hydroxyl groups is 1. The molecule has 2 aliphatic heterocycles. The summed E-state index contributed by atoms with van der Waals surface area (Å²) in [5.74, 6) is -1.98. The topological polar surface area (TPSA) is 90.4 Å². The molecule has 158 valence electrons. The molecule has 0 aromatic heterocycles. The zero-order valence-corrected chi connectivity index (χ0v) is 17.2. The number of urea groups is 1. The van der Waals surface area contributed by atoms with Crippen LogP contribution in [0.4, 0.5) is 4.79 Å².